The highest BCUT2D eigenvalue weighted by Gasteiger charge is 2.27. The second kappa shape index (κ2) is 11.4. The van der Waals surface area contributed by atoms with Gasteiger partial charge in [0.15, 0.2) is 0 Å². The van der Waals surface area contributed by atoms with E-state index in [2.05, 4.69) is 16.0 Å². The Morgan fingerprint density at radius 3 is 2.04 bits per heavy atom. The van der Waals surface area contributed by atoms with Crippen LogP contribution in [0.15, 0.2) is 0 Å². The molecule has 3 amide bonds. The number of esters is 1. The van der Waals surface area contributed by atoms with Gasteiger partial charge in [-0.3, -0.25) is 14.4 Å². The van der Waals surface area contributed by atoms with Crippen molar-refractivity contribution in [3.05, 3.63) is 0 Å². The molecule has 0 bridgehead atoms. The zero-order valence-electron chi connectivity index (χ0n) is 17.3. The van der Waals surface area contributed by atoms with Gasteiger partial charge in [-0.05, 0) is 47.0 Å². The number of carbonyl (C=O) groups is 4. The third-order valence-corrected chi connectivity index (χ3v) is 3.18. The minimum absolute atomic E-state index is 0.128. The molecule has 0 aromatic rings. The first kappa shape index (κ1) is 24.7. The Morgan fingerprint density at radius 1 is 0.963 bits per heavy atom. The highest BCUT2D eigenvalue weighted by Crippen LogP contribution is 2.09. The standard InChI is InChI=1S/C18H33N3O6/c1-8-26-14(22)10-19-15(23)12(4)20-16(24)13(9-11(2)3)21-17(25)27-18(5,6)7/h11-13H,8-10H2,1-7H3,(H,19,23)(H,20,24)(H,21,25)/t12-,13-/m0/s1. The van der Waals surface area contributed by atoms with Crippen molar-refractivity contribution in [3.63, 3.8) is 0 Å². The lowest BCUT2D eigenvalue weighted by molar-refractivity contribution is -0.143. The van der Waals surface area contributed by atoms with Crippen molar-refractivity contribution in [2.75, 3.05) is 13.2 Å². The molecule has 9 nitrogen and oxygen atoms in total. The van der Waals surface area contributed by atoms with Gasteiger partial charge >= 0.3 is 12.1 Å². The van der Waals surface area contributed by atoms with Gasteiger partial charge in [0.1, 0.15) is 24.2 Å². The van der Waals surface area contributed by atoms with Gasteiger partial charge in [-0.15, -0.1) is 0 Å². The molecule has 2 atom stereocenters. The Labute approximate surface area is 160 Å². The first-order chi connectivity index (χ1) is 12.4. The second-order valence-corrected chi connectivity index (χ2v) is 7.58. The lowest BCUT2D eigenvalue weighted by atomic mass is 10.0. The fourth-order valence-corrected chi connectivity index (χ4v) is 2.06. The normalized spacial score (nSPS) is 13.3. The maximum atomic E-state index is 12.5. The van der Waals surface area contributed by atoms with Gasteiger partial charge in [-0.1, -0.05) is 13.8 Å². The van der Waals surface area contributed by atoms with Crippen LogP contribution in [0.25, 0.3) is 0 Å². The van der Waals surface area contributed by atoms with Crippen LogP contribution in [0.5, 0.6) is 0 Å². The highest BCUT2D eigenvalue weighted by atomic mass is 16.6. The monoisotopic (exact) mass is 387 g/mol. The summed E-state index contributed by atoms with van der Waals surface area (Å²) >= 11 is 0. The third-order valence-electron chi connectivity index (χ3n) is 3.18. The number of hydrogen-bond acceptors (Lipinski definition) is 6. The van der Waals surface area contributed by atoms with Crippen molar-refractivity contribution < 1.29 is 28.7 Å². The zero-order valence-corrected chi connectivity index (χ0v) is 17.3. The van der Waals surface area contributed by atoms with E-state index >= 15 is 0 Å². The van der Waals surface area contributed by atoms with Crippen LogP contribution in [-0.4, -0.2) is 54.7 Å². The maximum Gasteiger partial charge on any atom is 0.408 e. The van der Waals surface area contributed by atoms with Crippen molar-refractivity contribution in [2.24, 2.45) is 5.92 Å². The van der Waals surface area contributed by atoms with E-state index in [4.69, 9.17) is 9.47 Å². The van der Waals surface area contributed by atoms with Crippen LogP contribution in [0.2, 0.25) is 0 Å². The van der Waals surface area contributed by atoms with Crippen LogP contribution < -0.4 is 16.0 Å². The van der Waals surface area contributed by atoms with Crippen molar-refractivity contribution in [1.29, 1.82) is 0 Å². The molecule has 0 saturated carbocycles. The summed E-state index contributed by atoms with van der Waals surface area (Å²) < 4.78 is 9.90. The molecule has 0 fully saturated rings. The van der Waals surface area contributed by atoms with E-state index in [1.54, 1.807) is 27.7 Å². The van der Waals surface area contributed by atoms with Crippen molar-refractivity contribution in [1.82, 2.24) is 16.0 Å². The molecule has 0 aliphatic carbocycles. The van der Waals surface area contributed by atoms with Gasteiger partial charge in [0.25, 0.3) is 0 Å². The molecule has 0 aromatic heterocycles. The zero-order chi connectivity index (χ0) is 21.2. The lowest BCUT2D eigenvalue weighted by Crippen LogP contribution is -2.54. The Bertz CT molecular complexity index is 528. The van der Waals surface area contributed by atoms with Crippen molar-refractivity contribution >= 4 is 23.9 Å². The third kappa shape index (κ3) is 11.8. The Kier molecular flexibility index (Phi) is 10.4. The molecular formula is C18H33N3O6. The van der Waals surface area contributed by atoms with Crippen LogP contribution in [0, 0.1) is 5.92 Å². The Morgan fingerprint density at radius 2 is 1.56 bits per heavy atom. The summed E-state index contributed by atoms with van der Waals surface area (Å²) in [6.45, 7) is 12.1. The molecule has 9 heteroatoms. The molecule has 156 valence electrons. The number of alkyl carbamates (subject to hydrolysis) is 1. The van der Waals surface area contributed by atoms with Gasteiger partial charge < -0.3 is 25.4 Å². The van der Waals surface area contributed by atoms with Crippen LogP contribution in [0.3, 0.4) is 0 Å². The maximum absolute atomic E-state index is 12.5. The summed E-state index contributed by atoms with van der Waals surface area (Å²) in [6, 6.07) is -1.73. The Hall–Kier alpha value is -2.32. The minimum Gasteiger partial charge on any atom is -0.465 e. The molecule has 0 rings (SSSR count). The van der Waals surface area contributed by atoms with E-state index in [1.165, 1.54) is 6.92 Å². The van der Waals surface area contributed by atoms with Crippen LogP contribution in [-0.2, 0) is 23.9 Å². The summed E-state index contributed by atoms with van der Waals surface area (Å²) in [5, 5.41) is 7.46. The van der Waals surface area contributed by atoms with E-state index in [0.29, 0.717) is 6.42 Å². The number of hydrogen-bond donors (Lipinski definition) is 3. The predicted octanol–water partition coefficient (Wildman–Crippen LogP) is 1.11. The summed E-state index contributed by atoms with van der Waals surface area (Å²) in [4.78, 5) is 47.7. The predicted molar refractivity (Wildman–Crippen MR) is 99.9 cm³/mol. The van der Waals surface area contributed by atoms with E-state index in [0.717, 1.165) is 0 Å². The Balaban J connectivity index is 4.75. The van der Waals surface area contributed by atoms with Crippen LogP contribution in [0.4, 0.5) is 4.79 Å². The van der Waals surface area contributed by atoms with Gasteiger partial charge in [0.2, 0.25) is 11.8 Å². The number of rotatable bonds is 9. The van der Waals surface area contributed by atoms with Gasteiger partial charge in [0.05, 0.1) is 6.61 Å². The minimum atomic E-state index is -0.887. The van der Waals surface area contributed by atoms with Crippen LogP contribution >= 0.6 is 0 Å². The van der Waals surface area contributed by atoms with E-state index in [-0.39, 0.29) is 19.1 Å². The molecule has 0 unspecified atom stereocenters. The fraction of sp³-hybridized carbons (Fsp3) is 0.778. The number of ether oxygens (including phenoxy) is 2. The molecule has 0 radical (unpaired) electrons. The topological polar surface area (TPSA) is 123 Å². The average molecular weight is 387 g/mol. The molecule has 3 N–H and O–H groups in total. The second-order valence-electron chi connectivity index (χ2n) is 7.58. The van der Waals surface area contributed by atoms with Crippen LogP contribution in [0.1, 0.15) is 54.9 Å². The van der Waals surface area contributed by atoms with Crippen molar-refractivity contribution in [3.8, 4) is 0 Å². The molecule has 0 heterocycles. The van der Waals surface area contributed by atoms with Crippen molar-refractivity contribution in [2.45, 2.75) is 72.6 Å². The van der Waals surface area contributed by atoms with E-state index < -0.39 is 41.6 Å². The van der Waals surface area contributed by atoms with Gasteiger partial charge in [-0.25, -0.2) is 4.79 Å². The molecule has 0 aliphatic rings. The first-order valence-corrected chi connectivity index (χ1v) is 9.09. The quantitative estimate of drug-likeness (QED) is 0.509. The lowest BCUT2D eigenvalue weighted by Gasteiger charge is -2.25. The number of amides is 3. The molecule has 0 spiro atoms. The average Bonchev–Trinajstić information content (AvgIpc) is 2.49. The van der Waals surface area contributed by atoms with E-state index in [1.807, 2.05) is 13.8 Å². The first-order valence-electron chi connectivity index (χ1n) is 9.09. The molecule has 0 aromatic carbocycles. The van der Waals surface area contributed by atoms with Gasteiger partial charge in [0, 0.05) is 0 Å². The number of nitrogens with one attached hydrogen (secondary N) is 3. The largest absolute Gasteiger partial charge is 0.465 e. The van der Waals surface area contributed by atoms with Gasteiger partial charge in [-0.2, -0.15) is 0 Å². The fourth-order valence-electron chi connectivity index (χ4n) is 2.06. The van der Waals surface area contributed by atoms with E-state index in [9.17, 15) is 19.2 Å². The smallest absolute Gasteiger partial charge is 0.408 e. The summed E-state index contributed by atoms with van der Waals surface area (Å²) in [5.41, 5.74) is -0.691. The molecule has 0 aliphatic heterocycles. The summed E-state index contributed by atoms with van der Waals surface area (Å²) in [5.74, 6) is -1.47. The SMILES string of the molecule is CCOC(=O)CNC(=O)[C@H](C)NC(=O)[C@H](CC(C)C)NC(=O)OC(C)(C)C. The molecule has 0 saturated heterocycles. The number of carbonyl (C=O) groups excluding carboxylic acids is 4. The molecule has 27 heavy (non-hydrogen) atoms. The summed E-state index contributed by atoms with van der Waals surface area (Å²) in [6.07, 6.45) is -0.329. The highest BCUT2D eigenvalue weighted by molar-refractivity contribution is 5.92. The summed E-state index contributed by atoms with van der Waals surface area (Å²) in [7, 11) is 0. The molecular weight excluding hydrogens is 354 g/mol.